The summed E-state index contributed by atoms with van der Waals surface area (Å²) in [5, 5.41) is 41.8. The smallest absolute Gasteiger partial charge is 0.450 e. The Labute approximate surface area is 80.4 Å². The minimum atomic E-state index is -1.83. The Morgan fingerprint density at radius 2 is 0.600 bits per heavy atom. The van der Waals surface area contributed by atoms with Gasteiger partial charge in [-0.05, 0) is 0 Å². The molecule has 0 aromatic heterocycles. The van der Waals surface area contributed by atoms with E-state index in [-0.39, 0.29) is 6.15 Å². The molecule has 0 aliphatic heterocycles. The van der Waals surface area contributed by atoms with E-state index in [1.54, 1.807) is 0 Å². The van der Waals surface area contributed by atoms with Gasteiger partial charge in [0.25, 0.3) is 0 Å². The van der Waals surface area contributed by atoms with Crippen LogP contribution < -0.4 is 0 Å². The Morgan fingerprint density at radius 1 is 0.600 bits per heavy atom. The summed E-state index contributed by atoms with van der Waals surface area (Å²) in [6.07, 6.45) is -5.25. The van der Waals surface area contributed by atoms with Gasteiger partial charge in [-0.2, -0.15) is 9.59 Å². The Bertz CT molecular complexity index is 170. The molecule has 11 nitrogen and oxygen atoms in total. The predicted octanol–water partition coefficient (Wildman–Crippen LogP) is 0.0837. The van der Waals surface area contributed by atoms with E-state index in [0.29, 0.717) is 0 Å². The van der Waals surface area contributed by atoms with Gasteiger partial charge in [-0.15, -0.1) is 0 Å². The van der Waals surface area contributed by atoms with Gasteiger partial charge in [0.15, 0.2) is 0 Å². The van der Waals surface area contributed by atoms with E-state index in [4.69, 9.17) is 54.6 Å². The van der Waals surface area contributed by atoms with Gasteiger partial charge in [0.2, 0.25) is 0 Å². The van der Waals surface area contributed by atoms with Gasteiger partial charge in [0.1, 0.15) is 0 Å². The van der Waals surface area contributed by atoms with Crippen LogP contribution in [0.5, 0.6) is 0 Å². The third kappa shape index (κ3) is 120. The van der Waals surface area contributed by atoms with Crippen LogP contribution in [0, 0.1) is 0 Å². The molecular formula is C4H6O11. The molecule has 11 heteroatoms. The average molecular weight is 230 g/mol. The molecule has 6 N–H and O–H groups in total. The van der Waals surface area contributed by atoms with Crippen molar-refractivity contribution in [1.29, 1.82) is 0 Å². The third-order valence-electron chi connectivity index (χ3n) is 0. The summed E-state index contributed by atoms with van der Waals surface area (Å²) < 4.78 is 0. The summed E-state index contributed by atoms with van der Waals surface area (Å²) in [5.74, 6) is 0. The highest BCUT2D eigenvalue weighted by molar-refractivity contribution is 5.53. The van der Waals surface area contributed by atoms with Crippen molar-refractivity contribution in [3.05, 3.63) is 0 Å². The fourth-order valence-electron chi connectivity index (χ4n) is 0. The van der Waals surface area contributed by atoms with Crippen LogP contribution in [-0.2, 0) is 9.59 Å². The zero-order valence-electron chi connectivity index (χ0n) is 6.72. The van der Waals surface area contributed by atoms with Gasteiger partial charge >= 0.3 is 24.6 Å². The van der Waals surface area contributed by atoms with Gasteiger partial charge in [0.05, 0.1) is 0 Å². The molecule has 0 aromatic rings. The van der Waals surface area contributed by atoms with Crippen molar-refractivity contribution >= 4 is 24.6 Å². The van der Waals surface area contributed by atoms with Crippen LogP contribution in [-0.4, -0.2) is 55.3 Å². The molecule has 15 heavy (non-hydrogen) atoms. The van der Waals surface area contributed by atoms with E-state index in [0.717, 1.165) is 0 Å². The topological polar surface area (TPSA) is 207 Å². The zero-order valence-corrected chi connectivity index (χ0v) is 6.72. The Hall–Kier alpha value is -2.81. The SMILES string of the molecule is O=C(O)O.O=C(O)O.O=C(O)O.O=C=O. The van der Waals surface area contributed by atoms with Crippen molar-refractivity contribution in [2.75, 3.05) is 0 Å². The Kier molecular flexibility index (Phi) is 34.1. The van der Waals surface area contributed by atoms with E-state index in [2.05, 4.69) is 0 Å². The lowest BCUT2D eigenvalue weighted by atomic mass is 11.5. The summed E-state index contributed by atoms with van der Waals surface area (Å²) in [4.78, 5) is 41.9. The molecule has 0 bridgehead atoms. The maximum absolute atomic E-state index is 8.56. The van der Waals surface area contributed by atoms with Gasteiger partial charge in [-0.1, -0.05) is 0 Å². The number of carboxylic acid groups (broad SMARTS) is 6. The molecule has 0 radical (unpaired) electrons. The fourth-order valence-corrected chi connectivity index (χ4v) is 0. The maximum atomic E-state index is 8.56. The van der Waals surface area contributed by atoms with E-state index >= 15 is 0 Å². The van der Waals surface area contributed by atoms with Crippen molar-refractivity contribution < 1.29 is 54.6 Å². The van der Waals surface area contributed by atoms with Crippen molar-refractivity contribution in [1.82, 2.24) is 0 Å². The van der Waals surface area contributed by atoms with Gasteiger partial charge in [0, 0.05) is 0 Å². The maximum Gasteiger partial charge on any atom is 0.503 e. The normalized spacial score (nSPS) is 5.33. The number of carbonyl (C=O) groups is 3. The van der Waals surface area contributed by atoms with Crippen LogP contribution in [0.3, 0.4) is 0 Å². The first kappa shape index (κ1) is 22.8. The number of carbonyl (C=O) groups excluding carboxylic acids is 2. The predicted molar refractivity (Wildman–Crippen MR) is 37.0 cm³/mol. The molecular weight excluding hydrogens is 224 g/mol. The van der Waals surface area contributed by atoms with Crippen LogP contribution in [0.15, 0.2) is 0 Å². The second-order valence-corrected chi connectivity index (χ2v) is 0.931. The highest BCUT2D eigenvalue weighted by Crippen LogP contribution is 1.43. The summed E-state index contributed by atoms with van der Waals surface area (Å²) >= 11 is 0. The molecule has 0 heterocycles. The molecule has 0 unspecified atom stereocenters. The third-order valence-corrected chi connectivity index (χ3v) is 0. The first-order valence-electron chi connectivity index (χ1n) is 2.36. The van der Waals surface area contributed by atoms with Gasteiger partial charge in [-0.25, -0.2) is 14.4 Å². The first-order chi connectivity index (χ1) is 6.61. The number of rotatable bonds is 0. The monoisotopic (exact) mass is 230 g/mol. The molecule has 0 spiro atoms. The van der Waals surface area contributed by atoms with Crippen molar-refractivity contribution in [3.8, 4) is 0 Å². The summed E-state index contributed by atoms with van der Waals surface area (Å²) in [6, 6.07) is 0. The summed E-state index contributed by atoms with van der Waals surface area (Å²) in [5.41, 5.74) is 0. The molecule has 0 rings (SSSR count). The van der Waals surface area contributed by atoms with E-state index in [1.807, 2.05) is 0 Å². The molecule has 0 atom stereocenters. The zero-order chi connectivity index (χ0) is 13.4. The quantitative estimate of drug-likeness (QED) is 0.328. The molecule has 88 valence electrons. The largest absolute Gasteiger partial charge is 0.503 e. The second-order valence-electron chi connectivity index (χ2n) is 0.931. The van der Waals surface area contributed by atoms with Crippen LogP contribution >= 0.6 is 0 Å². The number of hydrogen-bond acceptors (Lipinski definition) is 5. The molecule has 0 aliphatic carbocycles. The molecule has 0 aliphatic rings. The first-order valence-corrected chi connectivity index (χ1v) is 2.36. The lowest BCUT2D eigenvalue weighted by Crippen LogP contribution is -1.81. The van der Waals surface area contributed by atoms with Gasteiger partial charge in [-0.3, -0.25) is 0 Å². The molecule has 0 fully saturated rings. The minimum absolute atomic E-state index is 0.250. The minimum Gasteiger partial charge on any atom is -0.450 e. The van der Waals surface area contributed by atoms with Gasteiger partial charge < -0.3 is 30.6 Å². The van der Waals surface area contributed by atoms with Crippen molar-refractivity contribution in [2.24, 2.45) is 0 Å². The fraction of sp³-hybridized carbons (Fsp3) is 0. The van der Waals surface area contributed by atoms with Crippen LogP contribution in [0.25, 0.3) is 0 Å². The van der Waals surface area contributed by atoms with E-state index in [9.17, 15) is 0 Å². The van der Waals surface area contributed by atoms with E-state index < -0.39 is 18.5 Å². The van der Waals surface area contributed by atoms with Crippen molar-refractivity contribution in [2.45, 2.75) is 0 Å². The molecule has 0 amide bonds. The standard InChI is InChI=1S/3CH2O3.CO2/c3*2-1(3)4;2-1-3/h3*(H2,2,3,4);. The van der Waals surface area contributed by atoms with E-state index in [1.165, 1.54) is 0 Å². The van der Waals surface area contributed by atoms with Crippen LogP contribution in [0.4, 0.5) is 14.4 Å². The van der Waals surface area contributed by atoms with Crippen LogP contribution in [0.1, 0.15) is 0 Å². The molecule has 0 saturated carbocycles. The Morgan fingerprint density at radius 3 is 0.600 bits per heavy atom. The van der Waals surface area contributed by atoms with Crippen molar-refractivity contribution in [3.63, 3.8) is 0 Å². The van der Waals surface area contributed by atoms with Crippen LogP contribution in [0.2, 0.25) is 0 Å². The highest BCUT2D eigenvalue weighted by atomic mass is 16.6. The summed E-state index contributed by atoms with van der Waals surface area (Å²) in [7, 11) is 0. The number of hydrogen-bond donors (Lipinski definition) is 6. The lowest BCUT2D eigenvalue weighted by molar-refractivity contribution is -0.191. The molecule has 0 saturated heterocycles. The highest BCUT2D eigenvalue weighted by Gasteiger charge is 1.70. The summed E-state index contributed by atoms with van der Waals surface area (Å²) in [6.45, 7) is 0. The average Bonchev–Trinajstić information content (AvgIpc) is 1.81. The Balaban J connectivity index is -0.0000000542. The lowest BCUT2D eigenvalue weighted by Gasteiger charge is -1.60. The molecule has 0 aromatic carbocycles. The second kappa shape index (κ2) is 22.5.